The zero-order valence-corrected chi connectivity index (χ0v) is 15.3. The van der Waals surface area contributed by atoms with Crippen LogP contribution in [0.15, 0.2) is 46.6 Å². The van der Waals surface area contributed by atoms with E-state index in [0.717, 1.165) is 4.47 Å². The van der Waals surface area contributed by atoms with E-state index in [4.69, 9.17) is 14.2 Å². The third kappa shape index (κ3) is 3.58. The first kappa shape index (κ1) is 17.2. The molecule has 0 saturated carbocycles. The fraction of sp³-hybridized carbons (Fsp3) is 0.158. The minimum absolute atomic E-state index is 0.186. The Labute approximate surface area is 153 Å². The van der Waals surface area contributed by atoms with Crippen LogP contribution in [0.2, 0.25) is 0 Å². The SMILES string of the molecule is CCC(=O)Oc1ccc2c(c1)OC(=Cc1cc(Br)ccc1OC)C2=O. The van der Waals surface area contributed by atoms with Gasteiger partial charge in [-0.3, -0.25) is 9.59 Å². The normalized spacial score (nSPS) is 14.2. The zero-order valence-electron chi connectivity index (χ0n) is 13.7. The molecule has 0 aliphatic carbocycles. The highest BCUT2D eigenvalue weighted by Crippen LogP contribution is 2.36. The topological polar surface area (TPSA) is 61.8 Å². The minimum Gasteiger partial charge on any atom is -0.496 e. The smallest absolute Gasteiger partial charge is 0.310 e. The number of methoxy groups -OCH3 is 1. The molecule has 3 rings (SSSR count). The fourth-order valence-corrected chi connectivity index (χ4v) is 2.77. The number of carbonyl (C=O) groups is 2. The van der Waals surface area contributed by atoms with Gasteiger partial charge in [0.2, 0.25) is 5.78 Å². The lowest BCUT2D eigenvalue weighted by atomic mass is 10.1. The van der Waals surface area contributed by atoms with Crippen molar-refractivity contribution in [2.45, 2.75) is 13.3 Å². The number of hydrogen-bond donors (Lipinski definition) is 0. The Morgan fingerprint density at radius 2 is 2.04 bits per heavy atom. The maximum Gasteiger partial charge on any atom is 0.310 e. The highest BCUT2D eigenvalue weighted by molar-refractivity contribution is 9.10. The van der Waals surface area contributed by atoms with Crippen molar-refractivity contribution in [1.82, 2.24) is 0 Å². The van der Waals surface area contributed by atoms with Gasteiger partial charge in [-0.1, -0.05) is 22.9 Å². The molecule has 5 nitrogen and oxygen atoms in total. The summed E-state index contributed by atoms with van der Waals surface area (Å²) >= 11 is 3.40. The van der Waals surface area contributed by atoms with Crippen LogP contribution in [0, 0.1) is 0 Å². The van der Waals surface area contributed by atoms with Gasteiger partial charge in [0.15, 0.2) is 5.76 Å². The standard InChI is InChI=1S/C19H15BrO5/c1-3-18(21)24-13-5-6-14-16(10-13)25-17(19(14)22)9-11-8-12(20)4-7-15(11)23-2/h4-10H,3H2,1-2H3. The van der Waals surface area contributed by atoms with Crippen LogP contribution in [-0.2, 0) is 4.79 Å². The molecule has 0 unspecified atom stereocenters. The van der Waals surface area contributed by atoms with Gasteiger partial charge in [-0.05, 0) is 36.4 Å². The Hall–Kier alpha value is -2.60. The largest absolute Gasteiger partial charge is 0.496 e. The highest BCUT2D eigenvalue weighted by Gasteiger charge is 2.28. The van der Waals surface area contributed by atoms with E-state index in [1.165, 1.54) is 0 Å². The number of allylic oxidation sites excluding steroid dienone is 1. The monoisotopic (exact) mass is 402 g/mol. The van der Waals surface area contributed by atoms with Gasteiger partial charge < -0.3 is 14.2 Å². The van der Waals surface area contributed by atoms with Crippen LogP contribution in [0.5, 0.6) is 17.2 Å². The van der Waals surface area contributed by atoms with E-state index >= 15 is 0 Å². The average Bonchev–Trinajstić information content (AvgIpc) is 2.90. The van der Waals surface area contributed by atoms with Gasteiger partial charge >= 0.3 is 5.97 Å². The molecule has 0 atom stereocenters. The Kier molecular flexibility index (Phi) is 4.90. The Bertz CT molecular complexity index is 885. The molecule has 0 spiro atoms. The summed E-state index contributed by atoms with van der Waals surface area (Å²) in [4.78, 5) is 23.9. The summed E-state index contributed by atoms with van der Waals surface area (Å²) < 4.78 is 17.0. The van der Waals surface area contributed by atoms with Crippen molar-refractivity contribution in [3.05, 3.63) is 57.8 Å². The summed E-state index contributed by atoms with van der Waals surface area (Å²) in [5, 5.41) is 0. The molecule has 0 saturated heterocycles. The average molecular weight is 403 g/mol. The molecule has 128 valence electrons. The van der Waals surface area contributed by atoms with Crippen LogP contribution >= 0.6 is 15.9 Å². The molecular weight excluding hydrogens is 388 g/mol. The minimum atomic E-state index is -0.348. The summed E-state index contributed by atoms with van der Waals surface area (Å²) in [7, 11) is 1.56. The predicted octanol–water partition coefficient (Wildman–Crippen LogP) is 4.39. The van der Waals surface area contributed by atoms with E-state index in [0.29, 0.717) is 28.4 Å². The van der Waals surface area contributed by atoms with Crippen molar-refractivity contribution in [3.8, 4) is 17.2 Å². The number of benzene rings is 2. The molecule has 0 aromatic heterocycles. The molecule has 6 heteroatoms. The first-order chi connectivity index (χ1) is 12.0. The van der Waals surface area contributed by atoms with Gasteiger partial charge in [-0.25, -0.2) is 0 Å². The number of carbonyl (C=O) groups excluding carboxylic acids is 2. The third-order valence-corrected chi connectivity index (χ3v) is 4.13. The third-order valence-electron chi connectivity index (χ3n) is 3.64. The van der Waals surface area contributed by atoms with Crippen LogP contribution in [0.25, 0.3) is 6.08 Å². The molecule has 0 N–H and O–H groups in total. The number of ketones is 1. The molecule has 2 aromatic carbocycles. The number of fused-ring (bicyclic) bond motifs is 1. The number of rotatable bonds is 4. The van der Waals surface area contributed by atoms with Crippen molar-refractivity contribution >= 4 is 33.8 Å². The second kappa shape index (κ2) is 7.11. The van der Waals surface area contributed by atoms with Crippen molar-refractivity contribution in [3.63, 3.8) is 0 Å². The highest BCUT2D eigenvalue weighted by atomic mass is 79.9. The van der Waals surface area contributed by atoms with Gasteiger partial charge in [-0.15, -0.1) is 0 Å². The number of Topliss-reactive ketones (excluding diaryl/α,β-unsaturated/α-hetero) is 1. The van der Waals surface area contributed by atoms with Crippen LogP contribution in [0.4, 0.5) is 0 Å². The van der Waals surface area contributed by atoms with Gasteiger partial charge in [0, 0.05) is 22.5 Å². The van der Waals surface area contributed by atoms with E-state index in [1.54, 1.807) is 44.4 Å². The molecule has 0 fully saturated rings. The van der Waals surface area contributed by atoms with Gasteiger partial charge in [0.1, 0.15) is 17.2 Å². The fourth-order valence-electron chi connectivity index (χ4n) is 2.39. The second-order valence-corrected chi connectivity index (χ2v) is 6.23. The molecule has 0 radical (unpaired) electrons. The summed E-state index contributed by atoms with van der Waals surface area (Å²) in [6.45, 7) is 1.71. The Morgan fingerprint density at radius 3 is 2.76 bits per heavy atom. The molecule has 25 heavy (non-hydrogen) atoms. The van der Waals surface area contributed by atoms with E-state index in [9.17, 15) is 9.59 Å². The summed E-state index contributed by atoms with van der Waals surface area (Å²) in [5.74, 6) is 0.946. The summed E-state index contributed by atoms with van der Waals surface area (Å²) in [6, 6.07) is 10.2. The molecule has 0 bridgehead atoms. The number of ether oxygens (including phenoxy) is 3. The number of hydrogen-bond acceptors (Lipinski definition) is 5. The van der Waals surface area contributed by atoms with Crippen LogP contribution in [-0.4, -0.2) is 18.9 Å². The molecule has 1 aliphatic rings. The summed E-state index contributed by atoms with van der Waals surface area (Å²) in [6.07, 6.45) is 1.90. The maximum atomic E-state index is 12.5. The Morgan fingerprint density at radius 1 is 1.24 bits per heavy atom. The molecule has 0 amide bonds. The van der Waals surface area contributed by atoms with E-state index < -0.39 is 0 Å². The first-order valence-corrected chi connectivity index (χ1v) is 8.43. The molecular formula is C19H15BrO5. The van der Waals surface area contributed by atoms with Crippen molar-refractivity contribution in [2.75, 3.05) is 7.11 Å². The second-order valence-electron chi connectivity index (χ2n) is 5.31. The molecule has 1 aliphatic heterocycles. The van der Waals surface area contributed by atoms with Crippen molar-refractivity contribution in [1.29, 1.82) is 0 Å². The number of esters is 1. The lowest BCUT2D eigenvalue weighted by Gasteiger charge is -2.06. The van der Waals surface area contributed by atoms with Crippen LogP contribution in [0.1, 0.15) is 29.3 Å². The lowest BCUT2D eigenvalue weighted by Crippen LogP contribution is -2.05. The first-order valence-electron chi connectivity index (χ1n) is 7.64. The van der Waals surface area contributed by atoms with Crippen molar-refractivity contribution in [2.24, 2.45) is 0 Å². The number of halogens is 1. The lowest BCUT2D eigenvalue weighted by molar-refractivity contribution is -0.134. The van der Waals surface area contributed by atoms with Gasteiger partial charge in [0.05, 0.1) is 12.7 Å². The van der Waals surface area contributed by atoms with E-state index in [-0.39, 0.29) is 23.9 Å². The van der Waals surface area contributed by atoms with Crippen LogP contribution in [0.3, 0.4) is 0 Å². The zero-order chi connectivity index (χ0) is 18.0. The molecule has 2 aromatic rings. The predicted molar refractivity (Wildman–Crippen MR) is 96.0 cm³/mol. The van der Waals surface area contributed by atoms with E-state index in [1.807, 2.05) is 12.1 Å². The van der Waals surface area contributed by atoms with Crippen molar-refractivity contribution < 1.29 is 23.8 Å². The maximum absolute atomic E-state index is 12.5. The Balaban J connectivity index is 1.92. The quantitative estimate of drug-likeness (QED) is 0.431. The molecule has 1 heterocycles. The van der Waals surface area contributed by atoms with Gasteiger partial charge in [0.25, 0.3) is 0 Å². The van der Waals surface area contributed by atoms with Gasteiger partial charge in [-0.2, -0.15) is 0 Å². The summed E-state index contributed by atoms with van der Waals surface area (Å²) in [5.41, 5.74) is 1.14. The van der Waals surface area contributed by atoms with E-state index in [2.05, 4.69) is 15.9 Å². The van der Waals surface area contributed by atoms with Crippen LogP contribution < -0.4 is 14.2 Å².